The standard InChI is InChI=1S/C11H14Br2ClNO2S/c1-7(12)5-8(2)15-18(16,17)9-3-4-11(14)10(13)6-9/h3-4,6-8,15H,5H2,1-2H3. The lowest BCUT2D eigenvalue weighted by molar-refractivity contribution is 0.548. The summed E-state index contributed by atoms with van der Waals surface area (Å²) in [6, 6.07) is 4.39. The van der Waals surface area contributed by atoms with Gasteiger partial charge in [-0.05, 0) is 47.5 Å². The second kappa shape index (κ2) is 6.70. The van der Waals surface area contributed by atoms with Crippen molar-refractivity contribution < 1.29 is 8.42 Å². The molecular weight excluding hydrogens is 405 g/mol. The van der Waals surface area contributed by atoms with Gasteiger partial charge in [0.1, 0.15) is 0 Å². The summed E-state index contributed by atoms with van der Waals surface area (Å²) in [5.74, 6) is 0. The lowest BCUT2D eigenvalue weighted by atomic mass is 10.2. The number of halogens is 3. The van der Waals surface area contributed by atoms with Crippen LogP contribution in [0.1, 0.15) is 20.3 Å². The van der Waals surface area contributed by atoms with E-state index in [0.29, 0.717) is 15.9 Å². The fourth-order valence-electron chi connectivity index (χ4n) is 1.51. The summed E-state index contributed by atoms with van der Waals surface area (Å²) >= 11 is 12.5. The molecule has 3 nitrogen and oxygen atoms in total. The highest BCUT2D eigenvalue weighted by atomic mass is 79.9. The van der Waals surface area contributed by atoms with Crippen molar-refractivity contribution in [1.29, 1.82) is 0 Å². The van der Waals surface area contributed by atoms with Gasteiger partial charge in [0, 0.05) is 15.3 Å². The van der Waals surface area contributed by atoms with Gasteiger partial charge in [-0.2, -0.15) is 0 Å². The molecule has 1 rings (SSSR count). The molecule has 0 fully saturated rings. The van der Waals surface area contributed by atoms with Crippen LogP contribution in [-0.4, -0.2) is 19.3 Å². The van der Waals surface area contributed by atoms with Gasteiger partial charge in [0.05, 0.1) is 9.92 Å². The molecule has 18 heavy (non-hydrogen) atoms. The molecule has 2 atom stereocenters. The summed E-state index contributed by atoms with van der Waals surface area (Å²) in [5.41, 5.74) is 0. The number of nitrogens with one attached hydrogen (secondary N) is 1. The smallest absolute Gasteiger partial charge is 0.208 e. The lowest BCUT2D eigenvalue weighted by Gasteiger charge is -2.15. The van der Waals surface area contributed by atoms with Crippen molar-refractivity contribution in [2.75, 3.05) is 0 Å². The number of hydrogen-bond donors (Lipinski definition) is 1. The summed E-state index contributed by atoms with van der Waals surface area (Å²) < 4.78 is 27.4. The molecule has 1 aromatic carbocycles. The Kier molecular flexibility index (Phi) is 6.12. The quantitative estimate of drug-likeness (QED) is 0.735. The van der Waals surface area contributed by atoms with E-state index in [-0.39, 0.29) is 15.8 Å². The van der Waals surface area contributed by atoms with Gasteiger partial charge in [-0.15, -0.1) is 0 Å². The highest BCUT2D eigenvalue weighted by Gasteiger charge is 2.19. The average Bonchev–Trinajstić information content (AvgIpc) is 2.19. The first-order valence-electron chi connectivity index (χ1n) is 5.34. The van der Waals surface area contributed by atoms with E-state index in [4.69, 9.17) is 11.6 Å². The fraction of sp³-hybridized carbons (Fsp3) is 0.455. The van der Waals surface area contributed by atoms with Crippen molar-refractivity contribution in [3.63, 3.8) is 0 Å². The number of sulfonamides is 1. The van der Waals surface area contributed by atoms with E-state index < -0.39 is 10.0 Å². The van der Waals surface area contributed by atoms with Crippen molar-refractivity contribution in [2.24, 2.45) is 0 Å². The van der Waals surface area contributed by atoms with E-state index >= 15 is 0 Å². The molecule has 0 aliphatic carbocycles. The van der Waals surface area contributed by atoms with E-state index in [9.17, 15) is 8.42 Å². The molecule has 0 spiro atoms. The highest BCUT2D eigenvalue weighted by Crippen LogP contribution is 2.25. The van der Waals surface area contributed by atoms with E-state index in [2.05, 4.69) is 36.6 Å². The van der Waals surface area contributed by atoms with Crippen molar-refractivity contribution in [3.8, 4) is 0 Å². The second-order valence-corrected chi connectivity index (χ2v) is 8.65. The van der Waals surface area contributed by atoms with Crippen molar-refractivity contribution in [3.05, 3.63) is 27.7 Å². The molecular formula is C11H14Br2ClNO2S. The topological polar surface area (TPSA) is 46.2 Å². The molecule has 0 heterocycles. The van der Waals surface area contributed by atoms with Crippen LogP contribution >= 0.6 is 43.5 Å². The third-order valence-corrected chi connectivity index (χ3v) is 5.41. The second-order valence-electron chi connectivity index (χ2n) is 4.11. The van der Waals surface area contributed by atoms with E-state index in [1.807, 2.05) is 13.8 Å². The van der Waals surface area contributed by atoms with Gasteiger partial charge in [-0.3, -0.25) is 0 Å². The van der Waals surface area contributed by atoms with Crippen molar-refractivity contribution in [2.45, 2.75) is 36.0 Å². The van der Waals surface area contributed by atoms with Gasteiger partial charge in [0.15, 0.2) is 0 Å². The molecule has 7 heteroatoms. The first-order chi connectivity index (χ1) is 8.22. The Hall–Kier alpha value is 0.380. The zero-order chi connectivity index (χ0) is 13.9. The summed E-state index contributed by atoms with van der Waals surface area (Å²) in [6.07, 6.45) is 0.716. The maximum absolute atomic E-state index is 12.1. The molecule has 0 aliphatic rings. The number of benzene rings is 1. The predicted octanol–water partition coefficient (Wildman–Crippen LogP) is 3.94. The fourth-order valence-corrected chi connectivity index (χ4v) is 4.00. The van der Waals surface area contributed by atoms with Gasteiger partial charge in [-0.25, -0.2) is 13.1 Å². The Morgan fingerprint density at radius 2 is 2.00 bits per heavy atom. The maximum Gasteiger partial charge on any atom is 0.240 e. The molecule has 0 amide bonds. The largest absolute Gasteiger partial charge is 0.240 e. The maximum atomic E-state index is 12.1. The first kappa shape index (κ1) is 16.4. The third kappa shape index (κ3) is 4.81. The minimum Gasteiger partial charge on any atom is -0.208 e. The van der Waals surface area contributed by atoms with Crippen LogP contribution < -0.4 is 4.72 Å². The van der Waals surface area contributed by atoms with Crippen LogP contribution in [0.4, 0.5) is 0 Å². The molecule has 2 unspecified atom stereocenters. The van der Waals surface area contributed by atoms with Crippen LogP contribution in [0.15, 0.2) is 27.6 Å². The van der Waals surface area contributed by atoms with Crippen LogP contribution in [0.2, 0.25) is 5.02 Å². The molecule has 0 saturated carbocycles. The summed E-state index contributed by atoms with van der Waals surface area (Å²) in [4.78, 5) is 0.458. The zero-order valence-corrected chi connectivity index (χ0v) is 14.7. The highest BCUT2D eigenvalue weighted by molar-refractivity contribution is 9.10. The van der Waals surface area contributed by atoms with Gasteiger partial charge in [-0.1, -0.05) is 34.5 Å². The summed E-state index contributed by atoms with van der Waals surface area (Å²) in [6.45, 7) is 3.81. The van der Waals surface area contributed by atoms with Gasteiger partial charge >= 0.3 is 0 Å². The van der Waals surface area contributed by atoms with Crippen LogP contribution in [0, 0.1) is 0 Å². The average molecular weight is 420 g/mol. The van der Waals surface area contributed by atoms with E-state index in [1.54, 1.807) is 6.07 Å². The molecule has 0 bridgehead atoms. The Bertz CT molecular complexity index is 520. The van der Waals surface area contributed by atoms with E-state index in [0.717, 1.165) is 0 Å². The zero-order valence-electron chi connectivity index (χ0n) is 9.95. The van der Waals surface area contributed by atoms with Crippen LogP contribution in [0.5, 0.6) is 0 Å². The van der Waals surface area contributed by atoms with Gasteiger partial charge < -0.3 is 0 Å². The number of alkyl halides is 1. The Morgan fingerprint density at radius 1 is 1.39 bits per heavy atom. The minimum absolute atomic E-state index is 0.140. The van der Waals surface area contributed by atoms with Crippen molar-refractivity contribution >= 4 is 53.5 Å². The monoisotopic (exact) mass is 417 g/mol. The SMILES string of the molecule is CC(Br)CC(C)NS(=O)(=O)c1ccc(Cl)c(Br)c1. The number of rotatable bonds is 5. The third-order valence-electron chi connectivity index (χ3n) is 2.24. The van der Waals surface area contributed by atoms with E-state index in [1.165, 1.54) is 12.1 Å². The summed E-state index contributed by atoms with van der Waals surface area (Å²) in [5, 5.41) is 0.482. The van der Waals surface area contributed by atoms with Gasteiger partial charge in [0.25, 0.3) is 0 Å². The van der Waals surface area contributed by atoms with Gasteiger partial charge in [0.2, 0.25) is 10.0 Å². The number of hydrogen-bond acceptors (Lipinski definition) is 2. The summed E-state index contributed by atoms with van der Waals surface area (Å²) in [7, 11) is -3.50. The lowest BCUT2D eigenvalue weighted by Crippen LogP contribution is -2.33. The minimum atomic E-state index is -3.50. The molecule has 0 saturated heterocycles. The van der Waals surface area contributed by atoms with Crippen LogP contribution in [-0.2, 0) is 10.0 Å². The molecule has 0 radical (unpaired) electrons. The molecule has 1 aromatic rings. The first-order valence-corrected chi connectivity index (χ1v) is 8.91. The molecule has 0 aliphatic heterocycles. The van der Waals surface area contributed by atoms with Crippen molar-refractivity contribution in [1.82, 2.24) is 4.72 Å². The predicted molar refractivity (Wildman–Crippen MR) is 81.9 cm³/mol. The molecule has 1 N–H and O–H groups in total. The van der Waals surface area contributed by atoms with Crippen LogP contribution in [0.25, 0.3) is 0 Å². The normalized spacial score (nSPS) is 15.4. The molecule has 102 valence electrons. The Morgan fingerprint density at radius 3 is 2.50 bits per heavy atom. The van der Waals surface area contributed by atoms with Crippen LogP contribution in [0.3, 0.4) is 0 Å². The molecule has 0 aromatic heterocycles. The Balaban J connectivity index is 2.89. The Labute approximate surface area is 130 Å².